The first-order chi connectivity index (χ1) is 9.11. The first-order valence-corrected chi connectivity index (χ1v) is 6.84. The molecule has 2 aliphatic rings. The number of nitrogens with zero attached hydrogens (tertiary/aromatic N) is 2. The van der Waals surface area contributed by atoms with Gasteiger partial charge in [-0.25, -0.2) is 0 Å². The normalized spacial score (nSPS) is 22.1. The summed E-state index contributed by atoms with van der Waals surface area (Å²) in [5, 5.41) is 0. The second kappa shape index (κ2) is 6.14. The molecule has 106 valence electrons. The Labute approximate surface area is 112 Å². The maximum atomic E-state index is 11.6. The largest absolute Gasteiger partial charge is 0.466 e. The lowest BCUT2D eigenvalue weighted by molar-refractivity contribution is -0.151. The first-order valence-electron chi connectivity index (χ1n) is 6.84. The smallest absolute Gasteiger partial charge is 0.309 e. The van der Waals surface area contributed by atoms with Crippen LogP contribution in [0.4, 0.5) is 0 Å². The van der Waals surface area contributed by atoms with Crippen LogP contribution in [0, 0.1) is 5.92 Å². The van der Waals surface area contributed by atoms with Crippen LogP contribution in [-0.4, -0.2) is 53.9 Å². The van der Waals surface area contributed by atoms with Crippen LogP contribution in [-0.2, 0) is 19.1 Å². The van der Waals surface area contributed by atoms with Crippen LogP contribution in [0.1, 0.15) is 32.6 Å². The van der Waals surface area contributed by atoms with Crippen LogP contribution < -0.4 is 0 Å². The zero-order valence-electron chi connectivity index (χ0n) is 11.3. The number of ether oxygens (including phenoxy) is 1. The Morgan fingerprint density at radius 3 is 2.32 bits per heavy atom. The number of hydrogen-bond donors (Lipinski definition) is 0. The molecule has 0 aromatic heterocycles. The van der Waals surface area contributed by atoms with E-state index in [1.807, 2.05) is 0 Å². The molecule has 6 heteroatoms. The monoisotopic (exact) mass is 268 g/mol. The van der Waals surface area contributed by atoms with Gasteiger partial charge in [0, 0.05) is 25.9 Å². The zero-order chi connectivity index (χ0) is 13.8. The van der Waals surface area contributed by atoms with E-state index in [-0.39, 0.29) is 23.7 Å². The van der Waals surface area contributed by atoms with Crippen molar-refractivity contribution in [2.45, 2.75) is 32.6 Å². The summed E-state index contributed by atoms with van der Waals surface area (Å²) in [5.41, 5.74) is 0. The molecule has 0 radical (unpaired) electrons. The average molecular weight is 268 g/mol. The highest BCUT2D eigenvalue weighted by atomic mass is 16.5. The van der Waals surface area contributed by atoms with Gasteiger partial charge in [0.05, 0.1) is 19.2 Å². The van der Waals surface area contributed by atoms with E-state index in [0.29, 0.717) is 26.1 Å². The van der Waals surface area contributed by atoms with Gasteiger partial charge < -0.3 is 4.74 Å². The van der Waals surface area contributed by atoms with Crippen molar-refractivity contribution < 1.29 is 19.1 Å². The van der Waals surface area contributed by atoms with Gasteiger partial charge in [0.1, 0.15) is 0 Å². The molecule has 6 nitrogen and oxygen atoms in total. The summed E-state index contributed by atoms with van der Waals surface area (Å²) in [6.07, 6.45) is 2.13. The number of likely N-dealkylation sites (tertiary alicyclic amines) is 2. The molecular weight excluding hydrogens is 248 g/mol. The number of piperidine rings is 1. The van der Waals surface area contributed by atoms with E-state index in [2.05, 4.69) is 4.90 Å². The Morgan fingerprint density at radius 1 is 1.21 bits per heavy atom. The van der Waals surface area contributed by atoms with Crippen molar-refractivity contribution in [2.24, 2.45) is 5.92 Å². The summed E-state index contributed by atoms with van der Waals surface area (Å²) < 4.78 is 5.01. The Morgan fingerprint density at radius 2 is 1.79 bits per heavy atom. The summed E-state index contributed by atoms with van der Waals surface area (Å²) in [4.78, 5) is 38.0. The van der Waals surface area contributed by atoms with Crippen molar-refractivity contribution in [2.75, 3.05) is 26.4 Å². The molecule has 0 aromatic rings. The topological polar surface area (TPSA) is 66.9 Å². The van der Waals surface area contributed by atoms with Gasteiger partial charge in [0.15, 0.2) is 0 Å². The molecule has 0 bridgehead atoms. The molecule has 0 N–H and O–H groups in total. The SMILES string of the molecule is CCOC(=O)C1CCN(CN2C(=O)CCC2=O)CC1. The first kappa shape index (κ1) is 14.0. The van der Waals surface area contributed by atoms with E-state index >= 15 is 0 Å². The van der Waals surface area contributed by atoms with Gasteiger partial charge in [-0.15, -0.1) is 0 Å². The second-order valence-corrected chi connectivity index (χ2v) is 5.00. The number of amides is 2. The number of imide groups is 1. The second-order valence-electron chi connectivity index (χ2n) is 5.00. The Bertz CT molecular complexity index is 359. The van der Waals surface area contributed by atoms with Gasteiger partial charge in [-0.05, 0) is 19.8 Å². The zero-order valence-corrected chi connectivity index (χ0v) is 11.3. The van der Waals surface area contributed by atoms with E-state index in [9.17, 15) is 14.4 Å². The lowest BCUT2D eigenvalue weighted by atomic mass is 9.97. The van der Waals surface area contributed by atoms with Gasteiger partial charge in [-0.2, -0.15) is 0 Å². The Hall–Kier alpha value is -1.43. The maximum absolute atomic E-state index is 11.6. The van der Waals surface area contributed by atoms with Crippen LogP contribution in [0.3, 0.4) is 0 Å². The lowest BCUT2D eigenvalue weighted by Crippen LogP contribution is -2.45. The third-order valence-corrected chi connectivity index (χ3v) is 3.70. The standard InChI is InChI=1S/C13H20N2O4/c1-2-19-13(18)10-5-7-14(8-6-10)9-15-11(16)3-4-12(15)17/h10H,2-9H2,1H3. The van der Waals surface area contributed by atoms with Gasteiger partial charge in [-0.1, -0.05) is 0 Å². The average Bonchev–Trinajstić information content (AvgIpc) is 2.72. The molecule has 2 fully saturated rings. The van der Waals surface area contributed by atoms with Crippen molar-refractivity contribution in [1.29, 1.82) is 0 Å². The fourth-order valence-corrected chi connectivity index (χ4v) is 2.55. The molecule has 2 rings (SSSR count). The summed E-state index contributed by atoms with van der Waals surface area (Å²) in [6.45, 7) is 4.03. The quantitative estimate of drug-likeness (QED) is 0.544. The number of carbonyl (C=O) groups excluding carboxylic acids is 3. The van der Waals surface area contributed by atoms with E-state index in [0.717, 1.165) is 25.9 Å². The highest BCUT2D eigenvalue weighted by molar-refractivity contribution is 6.01. The summed E-state index contributed by atoms with van der Waals surface area (Å²) in [6, 6.07) is 0. The minimum absolute atomic E-state index is 0.0406. The van der Waals surface area contributed by atoms with Gasteiger partial charge in [0.2, 0.25) is 11.8 Å². The summed E-state index contributed by atoms with van der Waals surface area (Å²) in [5.74, 6) is -0.341. The molecule has 0 aliphatic carbocycles. The van der Waals surface area contributed by atoms with E-state index in [1.54, 1.807) is 6.92 Å². The van der Waals surface area contributed by atoms with Gasteiger partial charge >= 0.3 is 5.97 Å². The van der Waals surface area contributed by atoms with Gasteiger partial charge in [0.25, 0.3) is 0 Å². The molecule has 0 unspecified atom stereocenters. The van der Waals surface area contributed by atoms with E-state index in [1.165, 1.54) is 4.90 Å². The van der Waals surface area contributed by atoms with Crippen LogP contribution in [0.2, 0.25) is 0 Å². The molecule has 0 spiro atoms. The van der Waals surface area contributed by atoms with Crippen molar-refractivity contribution in [3.8, 4) is 0 Å². The molecule has 2 heterocycles. The fourth-order valence-electron chi connectivity index (χ4n) is 2.55. The van der Waals surface area contributed by atoms with Crippen LogP contribution in [0.15, 0.2) is 0 Å². The fraction of sp³-hybridized carbons (Fsp3) is 0.769. The number of carbonyl (C=O) groups is 3. The molecule has 0 saturated carbocycles. The Balaban J connectivity index is 1.79. The molecule has 2 aliphatic heterocycles. The number of hydrogen-bond acceptors (Lipinski definition) is 5. The summed E-state index contributed by atoms with van der Waals surface area (Å²) in [7, 11) is 0. The predicted molar refractivity (Wildman–Crippen MR) is 66.9 cm³/mol. The van der Waals surface area contributed by atoms with E-state index in [4.69, 9.17) is 4.74 Å². The summed E-state index contributed by atoms with van der Waals surface area (Å²) >= 11 is 0. The van der Waals surface area contributed by atoms with Gasteiger partial charge in [-0.3, -0.25) is 24.2 Å². The Kier molecular flexibility index (Phi) is 4.52. The maximum Gasteiger partial charge on any atom is 0.309 e. The predicted octanol–water partition coefficient (Wildman–Crippen LogP) is 0.368. The highest BCUT2D eigenvalue weighted by Crippen LogP contribution is 2.20. The highest BCUT2D eigenvalue weighted by Gasteiger charge is 2.32. The number of rotatable bonds is 4. The molecule has 0 atom stereocenters. The van der Waals surface area contributed by atoms with E-state index < -0.39 is 0 Å². The minimum atomic E-state index is -0.129. The molecule has 2 amide bonds. The van der Waals surface area contributed by atoms with Crippen LogP contribution in [0.25, 0.3) is 0 Å². The molecule has 2 saturated heterocycles. The molecule has 0 aromatic carbocycles. The number of esters is 1. The molecule has 19 heavy (non-hydrogen) atoms. The van der Waals surface area contributed by atoms with Crippen LogP contribution in [0.5, 0.6) is 0 Å². The van der Waals surface area contributed by atoms with Crippen molar-refractivity contribution in [3.63, 3.8) is 0 Å². The third-order valence-electron chi connectivity index (χ3n) is 3.70. The van der Waals surface area contributed by atoms with Crippen LogP contribution >= 0.6 is 0 Å². The van der Waals surface area contributed by atoms with Crippen molar-refractivity contribution >= 4 is 17.8 Å². The van der Waals surface area contributed by atoms with Crippen molar-refractivity contribution in [3.05, 3.63) is 0 Å². The van der Waals surface area contributed by atoms with Crippen molar-refractivity contribution in [1.82, 2.24) is 9.80 Å². The molecular formula is C13H20N2O4. The minimum Gasteiger partial charge on any atom is -0.466 e. The lowest BCUT2D eigenvalue weighted by Gasteiger charge is -2.32. The third kappa shape index (κ3) is 3.32.